The van der Waals surface area contributed by atoms with E-state index in [1.807, 2.05) is 17.9 Å². The number of hydrogen-bond acceptors (Lipinski definition) is 4. The molecule has 1 aromatic rings. The molecule has 0 aromatic carbocycles. The molecule has 2 saturated heterocycles. The molecule has 6 nitrogen and oxygen atoms in total. The van der Waals surface area contributed by atoms with Gasteiger partial charge in [-0.1, -0.05) is 6.08 Å². The zero-order valence-electron chi connectivity index (χ0n) is 13.6. The van der Waals surface area contributed by atoms with Crippen LogP contribution in [0.4, 0.5) is 0 Å². The molecule has 1 aromatic heterocycles. The van der Waals surface area contributed by atoms with Gasteiger partial charge in [0.1, 0.15) is 0 Å². The minimum absolute atomic E-state index is 0.324. The zero-order chi connectivity index (χ0) is 16.0. The third kappa shape index (κ3) is 2.75. The zero-order valence-corrected chi connectivity index (χ0v) is 14.4. The van der Waals surface area contributed by atoms with Crippen molar-refractivity contribution in [2.45, 2.75) is 37.8 Å². The van der Waals surface area contributed by atoms with E-state index < -0.39 is 10.0 Å². The van der Waals surface area contributed by atoms with Gasteiger partial charge >= 0.3 is 0 Å². The lowest BCUT2D eigenvalue weighted by atomic mass is 9.98. The van der Waals surface area contributed by atoms with E-state index in [0.29, 0.717) is 30.9 Å². The van der Waals surface area contributed by atoms with Gasteiger partial charge in [-0.15, -0.1) is 0 Å². The fourth-order valence-corrected chi connectivity index (χ4v) is 5.83. The van der Waals surface area contributed by atoms with E-state index in [9.17, 15) is 8.42 Å². The van der Waals surface area contributed by atoms with Crippen molar-refractivity contribution < 1.29 is 8.42 Å². The lowest BCUT2D eigenvalue weighted by molar-refractivity contribution is 0.199. The van der Waals surface area contributed by atoms with Gasteiger partial charge in [0, 0.05) is 45.0 Å². The lowest BCUT2D eigenvalue weighted by Crippen LogP contribution is -2.43. The van der Waals surface area contributed by atoms with E-state index >= 15 is 0 Å². The van der Waals surface area contributed by atoms with Crippen LogP contribution < -0.4 is 0 Å². The summed E-state index contributed by atoms with van der Waals surface area (Å²) < 4.78 is 27.5. The number of aryl methyl sites for hydroxylation is 1. The summed E-state index contributed by atoms with van der Waals surface area (Å²) in [5.41, 5.74) is 2.60. The van der Waals surface area contributed by atoms with Gasteiger partial charge in [0.15, 0.2) is 0 Å². The van der Waals surface area contributed by atoms with Crippen LogP contribution in [0.25, 0.3) is 5.57 Å². The molecule has 23 heavy (non-hydrogen) atoms. The summed E-state index contributed by atoms with van der Waals surface area (Å²) in [6.07, 6.45) is 8.43. The molecule has 2 atom stereocenters. The molecule has 126 valence electrons. The maximum atomic E-state index is 11.9. The van der Waals surface area contributed by atoms with Gasteiger partial charge in [0.2, 0.25) is 10.0 Å². The van der Waals surface area contributed by atoms with Crippen LogP contribution in [0.5, 0.6) is 0 Å². The first kappa shape index (κ1) is 15.4. The SMILES string of the molecule is Cn1nccc1C1=CC2CCC(C1)N2CCN1CCCS1(=O)=O. The average molecular weight is 336 g/mol. The van der Waals surface area contributed by atoms with E-state index in [1.54, 1.807) is 4.31 Å². The third-order valence-corrected chi connectivity index (χ3v) is 7.46. The highest BCUT2D eigenvalue weighted by Gasteiger charge is 2.38. The van der Waals surface area contributed by atoms with Gasteiger partial charge in [-0.2, -0.15) is 5.10 Å². The van der Waals surface area contributed by atoms with Gasteiger partial charge in [-0.25, -0.2) is 12.7 Å². The highest BCUT2D eigenvalue weighted by molar-refractivity contribution is 7.89. The predicted molar refractivity (Wildman–Crippen MR) is 89.3 cm³/mol. The molecule has 3 aliphatic rings. The molecular weight excluding hydrogens is 312 g/mol. The normalized spacial score (nSPS) is 30.7. The molecule has 0 radical (unpaired) electrons. The Morgan fingerprint density at radius 3 is 2.83 bits per heavy atom. The maximum Gasteiger partial charge on any atom is 0.214 e. The molecule has 0 N–H and O–H groups in total. The number of aromatic nitrogens is 2. The molecule has 0 saturated carbocycles. The van der Waals surface area contributed by atoms with Crippen LogP contribution >= 0.6 is 0 Å². The second-order valence-corrected chi connectivity index (χ2v) is 8.93. The monoisotopic (exact) mass is 336 g/mol. The van der Waals surface area contributed by atoms with Crippen molar-refractivity contribution >= 4 is 15.6 Å². The number of hydrogen-bond donors (Lipinski definition) is 0. The van der Waals surface area contributed by atoms with E-state index in [1.165, 1.54) is 24.1 Å². The second kappa shape index (κ2) is 5.72. The minimum atomic E-state index is -2.97. The Bertz CT molecular complexity index is 724. The minimum Gasteiger partial charge on any atom is -0.292 e. The largest absolute Gasteiger partial charge is 0.292 e. The topological polar surface area (TPSA) is 58.4 Å². The van der Waals surface area contributed by atoms with Crippen molar-refractivity contribution in [3.63, 3.8) is 0 Å². The molecule has 4 heterocycles. The summed E-state index contributed by atoms with van der Waals surface area (Å²) in [6.45, 7) is 2.19. The van der Waals surface area contributed by atoms with E-state index in [4.69, 9.17) is 0 Å². The molecule has 0 amide bonds. The second-order valence-electron chi connectivity index (χ2n) is 6.84. The van der Waals surface area contributed by atoms with E-state index in [2.05, 4.69) is 22.1 Å². The van der Waals surface area contributed by atoms with Crippen LogP contribution in [0.1, 0.15) is 31.4 Å². The summed E-state index contributed by atoms with van der Waals surface area (Å²) in [6, 6.07) is 3.07. The Labute approximate surface area is 137 Å². The molecule has 7 heteroatoms. The Morgan fingerprint density at radius 1 is 1.30 bits per heavy atom. The molecular formula is C16H24N4O2S. The number of rotatable bonds is 4. The Morgan fingerprint density at radius 2 is 2.17 bits per heavy atom. The fourth-order valence-electron chi connectivity index (χ4n) is 4.31. The standard InChI is InChI=1S/C16H24N4O2S/c1-18-16(5-6-17-18)13-11-14-3-4-15(12-13)20(14)9-8-19-7-2-10-23(19,21)22/h5-6,11,14-15H,2-4,7-10,12H2,1H3. The summed E-state index contributed by atoms with van der Waals surface area (Å²) in [7, 11) is -0.986. The Hall–Kier alpha value is -1.18. The molecule has 0 aliphatic carbocycles. The van der Waals surface area contributed by atoms with Gasteiger partial charge in [-0.3, -0.25) is 9.58 Å². The lowest BCUT2D eigenvalue weighted by Gasteiger charge is -2.34. The molecule has 3 aliphatic heterocycles. The van der Waals surface area contributed by atoms with E-state index in [0.717, 1.165) is 19.4 Å². The Balaban J connectivity index is 1.46. The van der Waals surface area contributed by atoms with Crippen molar-refractivity contribution in [1.29, 1.82) is 0 Å². The van der Waals surface area contributed by atoms with Crippen LogP contribution in [0.2, 0.25) is 0 Å². The van der Waals surface area contributed by atoms with Gasteiger partial charge < -0.3 is 0 Å². The number of nitrogens with zero attached hydrogens (tertiary/aromatic N) is 4. The van der Waals surface area contributed by atoms with Crippen molar-refractivity contribution in [3.05, 3.63) is 24.0 Å². The van der Waals surface area contributed by atoms with Gasteiger partial charge in [0.25, 0.3) is 0 Å². The number of sulfonamides is 1. The van der Waals surface area contributed by atoms with Crippen molar-refractivity contribution in [2.24, 2.45) is 7.05 Å². The molecule has 2 unspecified atom stereocenters. The smallest absolute Gasteiger partial charge is 0.214 e. The quantitative estimate of drug-likeness (QED) is 0.825. The highest BCUT2D eigenvalue weighted by atomic mass is 32.2. The fraction of sp³-hybridized carbons (Fsp3) is 0.688. The molecule has 2 bridgehead atoms. The Kier molecular flexibility index (Phi) is 3.82. The average Bonchev–Trinajstić information content (AvgIpc) is 3.13. The molecule has 2 fully saturated rings. The van der Waals surface area contributed by atoms with Crippen LogP contribution in [-0.2, 0) is 17.1 Å². The first-order chi connectivity index (χ1) is 11.0. The summed E-state index contributed by atoms with van der Waals surface area (Å²) in [4.78, 5) is 2.51. The third-order valence-electron chi connectivity index (χ3n) is 5.50. The summed E-state index contributed by atoms with van der Waals surface area (Å²) >= 11 is 0. The maximum absolute atomic E-state index is 11.9. The summed E-state index contributed by atoms with van der Waals surface area (Å²) in [5.74, 6) is 0.324. The summed E-state index contributed by atoms with van der Waals surface area (Å²) in [5, 5.41) is 4.27. The molecule has 4 rings (SSSR count). The first-order valence-corrected chi connectivity index (χ1v) is 10.1. The van der Waals surface area contributed by atoms with Crippen LogP contribution in [0.15, 0.2) is 18.3 Å². The van der Waals surface area contributed by atoms with Crippen molar-refractivity contribution in [2.75, 3.05) is 25.4 Å². The van der Waals surface area contributed by atoms with Crippen LogP contribution in [-0.4, -0.2) is 64.9 Å². The van der Waals surface area contributed by atoms with Crippen molar-refractivity contribution in [3.8, 4) is 0 Å². The highest BCUT2D eigenvalue weighted by Crippen LogP contribution is 2.38. The van der Waals surface area contributed by atoms with Gasteiger partial charge in [-0.05, 0) is 37.3 Å². The van der Waals surface area contributed by atoms with E-state index in [-0.39, 0.29) is 0 Å². The number of fused-ring (bicyclic) bond motifs is 2. The predicted octanol–water partition coefficient (Wildman–Crippen LogP) is 1.08. The van der Waals surface area contributed by atoms with Gasteiger partial charge in [0.05, 0.1) is 11.4 Å². The van der Waals surface area contributed by atoms with Crippen LogP contribution in [0, 0.1) is 0 Å². The molecule has 0 spiro atoms. The van der Waals surface area contributed by atoms with Crippen molar-refractivity contribution in [1.82, 2.24) is 19.0 Å². The first-order valence-electron chi connectivity index (χ1n) is 8.47. The van der Waals surface area contributed by atoms with Crippen LogP contribution in [0.3, 0.4) is 0 Å².